The Morgan fingerprint density at radius 2 is 1.89 bits per heavy atom. The molecule has 5 heteroatoms. The average molecular weight is 270 g/mol. The number of hydrogen-bond acceptors (Lipinski definition) is 4. The maximum absolute atomic E-state index is 12.2. The molecular weight excluding hydrogens is 251 g/mol. The van der Waals surface area contributed by atoms with Gasteiger partial charge in [0.1, 0.15) is 5.75 Å². The van der Waals surface area contributed by atoms with Crippen molar-refractivity contribution in [3.05, 3.63) is 35.6 Å². The molecule has 0 atom stereocenters. The zero-order valence-electron chi connectivity index (χ0n) is 11.0. The molecule has 0 amide bonds. The van der Waals surface area contributed by atoms with Gasteiger partial charge in [0.25, 0.3) is 0 Å². The molecule has 0 fully saturated rings. The fourth-order valence-corrected chi connectivity index (χ4v) is 2.73. The molecule has 4 nitrogen and oxygen atoms in total. The predicted octanol–water partition coefficient (Wildman–Crippen LogP) is 3.93. The topological polar surface area (TPSA) is 44.8 Å². The van der Waals surface area contributed by atoms with E-state index in [1.807, 2.05) is 24.3 Å². The van der Waals surface area contributed by atoms with Gasteiger partial charge >= 0.3 is 7.60 Å². The highest BCUT2D eigenvalue weighted by Gasteiger charge is 2.18. The average Bonchev–Trinajstić information content (AvgIpc) is 2.37. The third kappa shape index (κ3) is 4.65. The summed E-state index contributed by atoms with van der Waals surface area (Å²) in [6.45, 7) is 4.26. The Kier molecular flexibility index (Phi) is 6.13. The van der Waals surface area contributed by atoms with Crippen molar-refractivity contribution < 1.29 is 18.3 Å². The predicted molar refractivity (Wildman–Crippen MR) is 72.9 cm³/mol. The third-order valence-corrected chi connectivity index (χ3v) is 3.91. The van der Waals surface area contributed by atoms with Crippen molar-refractivity contribution in [1.29, 1.82) is 0 Å². The smallest absolute Gasteiger partial charge is 0.354 e. The second kappa shape index (κ2) is 7.37. The molecule has 1 rings (SSSR count). The van der Waals surface area contributed by atoms with Crippen molar-refractivity contribution in [3.63, 3.8) is 0 Å². The number of hydrogen-bond donors (Lipinski definition) is 0. The lowest BCUT2D eigenvalue weighted by Gasteiger charge is -2.12. The van der Waals surface area contributed by atoms with Gasteiger partial charge in [-0.05, 0) is 37.6 Å². The van der Waals surface area contributed by atoms with Gasteiger partial charge in [-0.3, -0.25) is 4.57 Å². The summed E-state index contributed by atoms with van der Waals surface area (Å²) in [7, 11) is -1.52. The van der Waals surface area contributed by atoms with Gasteiger partial charge in [0.15, 0.2) is 0 Å². The van der Waals surface area contributed by atoms with Crippen molar-refractivity contribution in [1.82, 2.24) is 0 Å². The van der Waals surface area contributed by atoms with Crippen LogP contribution in [0, 0.1) is 0 Å². The second-order valence-electron chi connectivity index (χ2n) is 3.47. The van der Waals surface area contributed by atoms with Crippen LogP contribution in [0.15, 0.2) is 30.1 Å². The largest absolute Gasteiger partial charge is 0.497 e. The lowest BCUT2D eigenvalue weighted by Crippen LogP contribution is -1.92. The molecule has 0 bridgehead atoms. The van der Waals surface area contributed by atoms with E-state index in [1.54, 1.807) is 27.0 Å². The molecule has 0 saturated carbocycles. The fourth-order valence-electron chi connectivity index (χ4n) is 1.41. The van der Waals surface area contributed by atoms with Crippen LogP contribution in [0.1, 0.15) is 19.4 Å². The SMILES string of the molecule is CCOP(=O)(/C=C/c1cccc(OC)c1)OCC. The van der Waals surface area contributed by atoms with Gasteiger partial charge < -0.3 is 13.8 Å². The molecule has 1 aromatic rings. The maximum atomic E-state index is 12.2. The van der Waals surface area contributed by atoms with Gasteiger partial charge in [-0.1, -0.05) is 12.1 Å². The van der Waals surface area contributed by atoms with Crippen molar-refractivity contribution in [3.8, 4) is 5.75 Å². The van der Waals surface area contributed by atoms with E-state index in [4.69, 9.17) is 13.8 Å². The Balaban J connectivity index is 2.85. The molecule has 0 spiro atoms. The monoisotopic (exact) mass is 270 g/mol. The molecule has 0 aliphatic heterocycles. The summed E-state index contributed by atoms with van der Waals surface area (Å²) in [5.74, 6) is 2.23. The summed E-state index contributed by atoms with van der Waals surface area (Å²) in [5.41, 5.74) is 0.883. The Morgan fingerprint density at radius 1 is 1.22 bits per heavy atom. The van der Waals surface area contributed by atoms with E-state index in [-0.39, 0.29) is 0 Å². The molecule has 0 saturated heterocycles. The molecule has 0 aromatic heterocycles. The summed E-state index contributed by atoms with van der Waals surface area (Å²) >= 11 is 0. The normalized spacial score (nSPS) is 11.9. The molecule has 18 heavy (non-hydrogen) atoms. The third-order valence-electron chi connectivity index (χ3n) is 2.16. The molecule has 0 heterocycles. The van der Waals surface area contributed by atoms with E-state index in [1.165, 1.54) is 5.82 Å². The van der Waals surface area contributed by atoms with Crippen molar-refractivity contribution in [2.75, 3.05) is 20.3 Å². The minimum Gasteiger partial charge on any atom is -0.497 e. The fraction of sp³-hybridized carbons (Fsp3) is 0.385. The van der Waals surface area contributed by atoms with Crippen LogP contribution in [0.25, 0.3) is 6.08 Å². The van der Waals surface area contributed by atoms with E-state index in [2.05, 4.69) is 0 Å². The Morgan fingerprint density at radius 3 is 2.44 bits per heavy atom. The quantitative estimate of drug-likeness (QED) is 0.704. The van der Waals surface area contributed by atoms with Crippen molar-refractivity contribution >= 4 is 13.7 Å². The molecule has 0 aliphatic rings. The minimum atomic E-state index is -3.13. The van der Waals surface area contributed by atoms with Crippen molar-refractivity contribution in [2.45, 2.75) is 13.8 Å². The standard InChI is InChI=1S/C13H19O4P/c1-4-16-18(14,17-5-2)10-9-12-7-6-8-13(11-12)15-3/h6-11H,4-5H2,1-3H3/b10-9+. The zero-order chi connectivity index (χ0) is 13.4. The zero-order valence-corrected chi connectivity index (χ0v) is 11.9. The van der Waals surface area contributed by atoms with E-state index >= 15 is 0 Å². The maximum Gasteiger partial charge on any atom is 0.354 e. The molecule has 1 aromatic carbocycles. The number of ether oxygens (including phenoxy) is 1. The van der Waals surface area contributed by atoms with Crippen LogP contribution in [-0.4, -0.2) is 20.3 Å². The first-order valence-electron chi connectivity index (χ1n) is 5.85. The molecule has 100 valence electrons. The van der Waals surface area contributed by atoms with Crippen LogP contribution in [0.2, 0.25) is 0 Å². The molecular formula is C13H19O4P. The van der Waals surface area contributed by atoms with Gasteiger partial charge in [0.2, 0.25) is 0 Å². The Hall–Kier alpha value is -1.09. The lowest BCUT2D eigenvalue weighted by atomic mass is 10.2. The van der Waals surface area contributed by atoms with Crippen LogP contribution < -0.4 is 4.74 Å². The van der Waals surface area contributed by atoms with Crippen molar-refractivity contribution in [2.24, 2.45) is 0 Å². The van der Waals surface area contributed by atoms with E-state index < -0.39 is 7.60 Å². The highest BCUT2D eigenvalue weighted by Crippen LogP contribution is 2.50. The van der Waals surface area contributed by atoms with E-state index in [0.29, 0.717) is 13.2 Å². The summed E-state index contributed by atoms with van der Waals surface area (Å²) in [6.07, 6.45) is 1.72. The van der Waals surface area contributed by atoms with Gasteiger partial charge in [0, 0.05) is 5.82 Å². The van der Waals surface area contributed by atoms with Gasteiger partial charge in [-0.15, -0.1) is 0 Å². The second-order valence-corrected chi connectivity index (χ2v) is 5.36. The lowest BCUT2D eigenvalue weighted by molar-refractivity contribution is 0.229. The summed E-state index contributed by atoms with van der Waals surface area (Å²) in [5, 5.41) is 0. The highest BCUT2D eigenvalue weighted by molar-refractivity contribution is 7.57. The van der Waals surface area contributed by atoms with E-state index in [0.717, 1.165) is 11.3 Å². The summed E-state index contributed by atoms with van der Waals surface area (Å²) in [6, 6.07) is 7.45. The molecule has 0 radical (unpaired) electrons. The Labute approximate surface area is 108 Å². The highest BCUT2D eigenvalue weighted by atomic mass is 31.2. The van der Waals surface area contributed by atoms with Crippen LogP contribution in [0.5, 0.6) is 5.75 Å². The van der Waals surface area contributed by atoms with Gasteiger partial charge in [0.05, 0.1) is 20.3 Å². The first-order valence-corrected chi connectivity index (χ1v) is 7.47. The first kappa shape index (κ1) is 15.0. The molecule has 0 N–H and O–H groups in total. The summed E-state index contributed by atoms with van der Waals surface area (Å²) in [4.78, 5) is 0. The number of rotatable bonds is 7. The van der Waals surface area contributed by atoms with Crippen LogP contribution in [0.3, 0.4) is 0 Å². The molecule has 0 unspecified atom stereocenters. The van der Waals surface area contributed by atoms with E-state index in [9.17, 15) is 4.57 Å². The van der Waals surface area contributed by atoms with Crippen LogP contribution >= 0.6 is 7.60 Å². The number of methoxy groups -OCH3 is 1. The Bertz CT molecular complexity index is 432. The first-order chi connectivity index (χ1) is 8.63. The minimum absolute atomic E-state index is 0.347. The van der Waals surface area contributed by atoms with Crippen LogP contribution in [0.4, 0.5) is 0 Å². The summed E-state index contributed by atoms with van der Waals surface area (Å²) < 4.78 is 27.6. The van der Waals surface area contributed by atoms with Gasteiger partial charge in [-0.25, -0.2) is 0 Å². The molecule has 0 aliphatic carbocycles. The number of benzene rings is 1. The van der Waals surface area contributed by atoms with Gasteiger partial charge in [-0.2, -0.15) is 0 Å². The van der Waals surface area contributed by atoms with Crippen LogP contribution in [-0.2, 0) is 13.6 Å².